The van der Waals surface area contributed by atoms with Crippen LogP contribution in [0.2, 0.25) is 0 Å². The summed E-state index contributed by atoms with van der Waals surface area (Å²) in [6.07, 6.45) is 1.69. The second kappa shape index (κ2) is 8.26. The van der Waals surface area contributed by atoms with Gasteiger partial charge in [0.15, 0.2) is 6.79 Å². The molecule has 1 aromatic heterocycles. The summed E-state index contributed by atoms with van der Waals surface area (Å²) in [5.41, 5.74) is 2.66. The van der Waals surface area contributed by atoms with Crippen molar-refractivity contribution >= 4 is 16.9 Å². The Morgan fingerprint density at radius 3 is 2.64 bits per heavy atom. The van der Waals surface area contributed by atoms with Crippen molar-refractivity contribution < 1.29 is 19.0 Å². The number of benzene rings is 2. The number of fused-ring (bicyclic) bond motifs is 1. The van der Waals surface area contributed by atoms with Gasteiger partial charge >= 0.3 is 5.97 Å². The van der Waals surface area contributed by atoms with Gasteiger partial charge in [-0.3, -0.25) is 0 Å². The third-order valence-corrected chi connectivity index (χ3v) is 4.13. The van der Waals surface area contributed by atoms with E-state index in [-0.39, 0.29) is 19.0 Å². The predicted molar refractivity (Wildman–Crippen MR) is 101 cm³/mol. The molecule has 2 aromatic carbocycles. The van der Waals surface area contributed by atoms with Crippen LogP contribution < -0.4 is 4.74 Å². The summed E-state index contributed by atoms with van der Waals surface area (Å²) < 4.78 is 17.4. The maximum atomic E-state index is 12.2. The van der Waals surface area contributed by atoms with Crippen LogP contribution in [0.25, 0.3) is 16.6 Å². The van der Waals surface area contributed by atoms with Gasteiger partial charge in [-0.05, 0) is 37.3 Å². The summed E-state index contributed by atoms with van der Waals surface area (Å²) in [7, 11) is 1.49. The zero-order chi connectivity index (χ0) is 20.1. The summed E-state index contributed by atoms with van der Waals surface area (Å²) in [6.45, 7) is 1.95. The number of aromatic nitrogens is 1. The fraction of sp³-hybridized carbons (Fsp3) is 0.190. The van der Waals surface area contributed by atoms with Crippen molar-refractivity contribution in [3.8, 4) is 23.6 Å². The Bertz CT molecular complexity index is 1120. The zero-order valence-corrected chi connectivity index (χ0v) is 15.4. The molecule has 0 unspecified atom stereocenters. The van der Waals surface area contributed by atoms with Gasteiger partial charge in [0.2, 0.25) is 0 Å². The first-order valence-corrected chi connectivity index (χ1v) is 8.51. The molecule has 0 N–H and O–H groups in total. The summed E-state index contributed by atoms with van der Waals surface area (Å²) in [4.78, 5) is 12.2. The highest BCUT2D eigenvalue weighted by atomic mass is 16.7. The number of nitrogens with zero attached hydrogens (tertiary/aromatic N) is 3. The van der Waals surface area contributed by atoms with E-state index in [0.717, 1.165) is 5.52 Å². The number of carbonyl (C=O) groups excluding carboxylic acids is 1. The SMILES string of the molecule is CCOC(=O)c1ccc(-n2cc(C#N)c3cc(C#N)ccc32)cc1OCOC. The monoisotopic (exact) mass is 375 g/mol. The molecule has 0 fully saturated rings. The molecule has 140 valence electrons. The van der Waals surface area contributed by atoms with Gasteiger partial charge in [-0.25, -0.2) is 4.79 Å². The predicted octanol–water partition coefficient (Wildman–Crippen LogP) is 3.53. The van der Waals surface area contributed by atoms with Crippen molar-refractivity contribution in [2.75, 3.05) is 20.5 Å². The van der Waals surface area contributed by atoms with Crippen LogP contribution in [-0.2, 0) is 9.47 Å². The van der Waals surface area contributed by atoms with Crippen LogP contribution in [0.15, 0.2) is 42.6 Å². The molecule has 0 spiro atoms. The van der Waals surface area contributed by atoms with E-state index in [4.69, 9.17) is 19.5 Å². The lowest BCUT2D eigenvalue weighted by Gasteiger charge is -2.13. The molecule has 0 amide bonds. The third kappa shape index (κ3) is 3.52. The second-order valence-corrected chi connectivity index (χ2v) is 5.82. The van der Waals surface area contributed by atoms with Crippen LogP contribution in [-0.4, -0.2) is 31.0 Å². The average Bonchev–Trinajstić information content (AvgIpc) is 3.10. The summed E-state index contributed by atoms with van der Waals surface area (Å²) >= 11 is 0. The van der Waals surface area contributed by atoms with Crippen molar-refractivity contribution in [2.45, 2.75) is 6.92 Å². The van der Waals surface area contributed by atoms with Crippen LogP contribution in [0.5, 0.6) is 5.75 Å². The molecule has 0 atom stereocenters. The van der Waals surface area contributed by atoms with E-state index in [0.29, 0.717) is 28.0 Å². The van der Waals surface area contributed by atoms with Crippen LogP contribution in [0.4, 0.5) is 0 Å². The molecule has 3 rings (SSSR count). The van der Waals surface area contributed by atoms with E-state index in [9.17, 15) is 10.1 Å². The largest absolute Gasteiger partial charge is 0.467 e. The Morgan fingerprint density at radius 1 is 1.14 bits per heavy atom. The molecule has 0 aliphatic carbocycles. The van der Waals surface area contributed by atoms with Crippen molar-refractivity contribution in [3.05, 3.63) is 59.3 Å². The van der Waals surface area contributed by atoms with Gasteiger partial charge in [0, 0.05) is 30.4 Å². The molecule has 0 bridgehead atoms. The zero-order valence-electron chi connectivity index (χ0n) is 15.4. The van der Waals surface area contributed by atoms with E-state index in [2.05, 4.69) is 12.1 Å². The van der Waals surface area contributed by atoms with E-state index >= 15 is 0 Å². The number of methoxy groups -OCH3 is 1. The Balaban J connectivity index is 2.15. The first-order chi connectivity index (χ1) is 13.6. The third-order valence-electron chi connectivity index (χ3n) is 4.13. The molecule has 0 aliphatic heterocycles. The number of hydrogen-bond donors (Lipinski definition) is 0. The van der Waals surface area contributed by atoms with Gasteiger partial charge < -0.3 is 18.8 Å². The Labute approximate surface area is 161 Å². The van der Waals surface area contributed by atoms with Crippen LogP contribution in [0.1, 0.15) is 28.4 Å². The Kier molecular flexibility index (Phi) is 5.59. The molecule has 0 radical (unpaired) electrons. The van der Waals surface area contributed by atoms with Crippen LogP contribution in [0, 0.1) is 22.7 Å². The Morgan fingerprint density at radius 2 is 1.96 bits per heavy atom. The molecule has 28 heavy (non-hydrogen) atoms. The van der Waals surface area contributed by atoms with Gasteiger partial charge in [-0.2, -0.15) is 10.5 Å². The number of rotatable bonds is 6. The number of carbonyl (C=O) groups is 1. The van der Waals surface area contributed by atoms with Crippen molar-refractivity contribution in [1.82, 2.24) is 4.57 Å². The quantitative estimate of drug-likeness (QED) is 0.483. The molecule has 7 heteroatoms. The lowest BCUT2D eigenvalue weighted by molar-refractivity contribution is 0.0438. The molecular weight excluding hydrogens is 358 g/mol. The minimum absolute atomic E-state index is 0.0305. The van der Waals surface area contributed by atoms with Gasteiger partial charge in [0.25, 0.3) is 0 Å². The van der Waals surface area contributed by atoms with Crippen LogP contribution in [0.3, 0.4) is 0 Å². The van der Waals surface area contributed by atoms with E-state index < -0.39 is 5.97 Å². The minimum atomic E-state index is -0.492. The molecule has 0 saturated carbocycles. The maximum Gasteiger partial charge on any atom is 0.341 e. The van der Waals surface area contributed by atoms with E-state index in [1.165, 1.54) is 7.11 Å². The van der Waals surface area contributed by atoms with E-state index in [1.807, 2.05) is 4.57 Å². The van der Waals surface area contributed by atoms with E-state index in [1.54, 1.807) is 49.5 Å². The molecule has 0 saturated heterocycles. The van der Waals surface area contributed by atoms with Crippen molar-refractivity contribution in [2.24, 2.45) is 0 Å². The van der Waals surface area contributed by atoms with Gasteiger partial charge in [-0.1, -0.05) is 0 Å². The minimum Gasteiger partial charge on any atom is -0.467 e. The first kappa shape index (κ1) is 19.0. The van der Waals surface area contributed by atoms with Gasteiger partial charge in [0.05, 0.1) is 29.3 Å². The molecule has 3 aromatic rings. The number of hydrogen-bond acceptors (Lipinski definition) is 6. The lowest BCUT2D eigenvalue weighted by Crippen LogP contribution is -2.10. The summed E-state index contributed by atoms with van der Waals surface area (Å²) in [5, 5.41) is 19.3. The number of nitriles is 2. The summed E-state index contributed by atoms with van der Waals surface area (Å²) in [6, 6.07) is 14.4. The van der Waals surface area contributed by atoms with Crippen molar-refractivity contribution in [3.63, 3.8) is 0 Å². The fourth-order valence-corrected chi connectivity index (χ4v) is 2.88. The second-order valence-electron chi connectivity index (χ2n) is 5.82. The fourth-order valence-electron chi connectivity index (χ4n) is 2.88. The average molecular weight is 375 g/mol. The Hall–Kier alpha value is -3.81. The highest BCUT2D eigenvalue weighted by Crippen LogP contribution is 2.29. The number of esters is 1. The van der Waals surface area contributed by atoms with Gasteiger partial charge in [0.1, 0.15) is 17.4 Å². The molecule has 0 aliphatic rings. The molecule has 7 nitrogen and oxygen atoms in total. The highest BCUT2D eigenvalue weighted by molar-refractivity contribution is 5.93. The number of ether oxygens (including phenoxy) is 3. The van der Waals surface area contributed by atoms with Gasteiger partial charge in [-0.15, -0.1) is 0 Å². The molecule has 1 heterocycles. The smallest absolute Gasteiger partial charge is 0.341 e. The maximum absolute atomic E-state index is 12.2. The lowest BCUT2D eigenvalue weighted by atomic mass is 10.1. The topological polar surface area (TPSA) is 97.3 Å². The normalized spacial score (nSPS) is 10.3. The molecular formula is C21H17N3O4. The first-order valence-electron chi connectivity index (χ1n) is 8.51. The summed E-state index contributed by atoms with van der Waals surface area (Å²) in [5.74, 6) is -0.180. The standard InChI is InChI=1S/C21H17N3O4/c1-3-27-21(25)17-6-5-16(9-20(17)28-13-26-2)24-12-15(11-23)18-8-14(10-22)4-7-19(18)24/h4-9,12H,3,13H2,1-2H3. The van der Waals surface area contributed by atoms with Crippen LogP contribution >= 0.6 is 0 Å². The van der Waals surface area contributed by atoms with Crippen molar-refractivity contribution in [1.29, 1.82) is 10.5 Å². The highest BCUT2D eigenvalue weighted by Gasteiger charge is 2.17.